The lowest BCUT2D eigenvalue weighted by molar-refractivity contribution is -0.122. The molecular weight excluding hydrogens is 390 g/mol. The Balaban J connectivity index is 0.00000240. The Morgan fingerprint density at radius 1 is 1.14 bits per heavy atom. The normalized spacial score (nSPS) is 20.2. The van der Waals surface area contributed by atoms with Crippen LogP contribution in [0.3, 0.4) is 0 Å². The Bertz CT molecular complexity index is 864. The van der Waals surface area contributed by atoms with E-state index in [4.69, 9.17) is 4.74 Å². The Morgan fingerprint density at radius 3 is 2.76 bits per heavy atom. The third-order valence-electron chi connectivity index (χ3n) is 5.43. The molecule has 2 aromatic rings. The summed E-state index contributed by atoms with van der Waals surface area (Å²) in [5, 5.41) is 6.14. The predicted octanol–water partition coefficient (Wildman–Crippen LogP) is 2.87. The van der Waals surface area contributed by atoms with E-state index in [9.17, 15) is 9.59 Å². The van der Waals surface area contributed by atoms with Crippen molar-refractivity contribution in [3.8, 4) is 5.75 Å². The summed E-state index contributed by atoms with van der Waals surface area (Å²) >= 11 is 0. The number of hydrogen-bond acceptors (Lipinski definition) is 4. The number of fused-ring (bicyclic) bond motifs is 1. The maximum Gasteiger partial charge on any atom is 0.265 e. The van der Waals surface area contributed by atoms with Crippen LogP contribution < -0.4 is 15.4 Å². The van der Waals surface area contributed by atoms with Crippen molar-refractivity contribution >= 4 is 29.9 Å². The molecule has 29 heavy (non-hydrogen) atoms. The van der Waals surface area contributed by atoms with E-state index < -0.39 is 6.10 Å². The summed E-state index contributed by atoms with van der Waals surface area (Å²) in [7, 11) is 1.93. The summed E-state index contributed by atoms with van der Waals surface area (Å²) in [4.78, 5) is 27.4. The van der Waals surface area contributed by atoms with E-state index in [0.717, 1.165) is 30.7 Å². The first-order valence-corrected chi connectivity index (χ1v) is 9.76. The molecule has 1 fully saturated rings. The number of ether oxygens (including phenoxy) is 1. The first kappa shape index (κ1) is 21.1. The van der Waals surface area contributed by atoms with Crippen LogP contribution in [0.25, 0.3) is 0 Å². The van der Waals surface area contributed by atoms with Gasteiger partial charge in [-0.05, 0) is 49.7 Å². The zero-order chi connectivity index (χ0) is 19.5. The van der Waals surface area contributed by atoms with Crippen molar-refractivity contribution in [1.82, 2.24) is 10.2 Å². The van der Waals surface area contributed by atoms with Gasteiger partial charge in [0.15, 0.2) is 6.10 Å². The highest BCUT2D eigenvalue weighted by molar-refractivity contribution is 5.98. The van der Waals surface area contributed by atoms with Gasteiger partial charge >= 0.3 is 0 Å². The molecule has 2 aromatic carbocycles. The summed E-state index contributed by atoms with van der Waals surface area (Å²) in [5.74, 6) is 0.561. The molecular formula is C22H26ClN3O3. The third-order valence-corrected chi connectivity index (χ3v) is 5.43. The first-order valence-electron chi connectivity index (χ1n) is 9.76. The number of hydrogen-bond donors (Lipinski definition) is 2. The van der Waals surface area contributed by atoms with Crippen molar-refractivity contribution in [3.63, 3.8) is 0 Å². The molecule has 4 rings (SSSR count). The number of likely N-dealkylation sites (N-methyl/N-ethyl adjacent to an activating group) is 1. The van der Waals surface area contributed by atoms with Crippen LogP contribution in [0.2, 0.25) is 0 Å². The van der Waals surface area contributed by atoms with Crippen LogP contribution in [0.15, 0.2) is 48.5 Å². The molecule has 2 N–H and O–H groups in total. The summed E-state index contributed by atoms with van der Waals surface area (Å²) in [6, 6.07) is 15.1. The van der Waals surface area contributed by atoms with Gasteiger partial charge in [0, 0.05) is 36.8 Å². The van der Waals surface area contributed by atoms with Gasteiger partial charge in [0.25, 0.3) is 11.8 Å². The van der Waals surface area contributed by atoms with E-state index in [1.807, 2.05) is 36.2 Å². The quantitative estimate of drug-likeness (QED) is 0.805. The second kappa shape index (κ2) is 9.29. The lowest BCUT2D eigenvalue weighted by atomic mass is 10.0. The number of likely N-dealkylation sites (tertiary alicyclic amines) is 1. The number of benzene rings is 2. The van der Waals surface area contributed by atoms with Crippen LogP contribution >= 0.6 is 12.4 Å². The second-order valence-electron chi connectivity index (χ2n) is 7.37. The minimum Gasteiger partial charge on any atom is -0.480 e. The van der Waals surface area contributed by atoms with Crippen molar-refractivity contribution in [1.29, 1.82) is 0 Å². The number of piperidine rings is 1. The molecule has 1 saturated heterocycles. The molecule has 0 saturated carbocycles. The van der Waals surface area contributed by atoms with Crippen LogP contribution in [0.1, 0.15) is 28.8 Å². The average Bonchev–Trinajstić information content (AvgIpc) is 3.18. The number of anilines is 1. The molecule has 2 amide bonds. The topological polar surface area (TPSA) is 70.7 Å². The average molecular weight is 416 g/mol. The van der Waals surface area contributed by atoms with Crippen molar-refractivity contribution in [2.24, 2.45) is 0 Å². The number of rotatable bonds is 4. The minimum atomic E-state index is -0.546. The van der Waals surface area contributed by atoms with Crippen molar-refractivity contribution < 1.29 is 14.3 Å². The van der Waals surface area contributed by atoms with Gasteiger partial charge in [-0.2, -0.15) is 0 Å². The maximum absolute atomic E-state index is 12.9. The molecule has 0 spiro atoms. The number of carbonyl (C=O) groups is 2. The molecule has 2 heterocycles. The van der Waals surface area contributed by atoms with Gasteiger partial charge in [-0.25, -0.2) is 0 Å². The molecule has 7 heteroatoms. The van der Waals surface area contributed by atoms with Crippen LogP contribution in [0.5, 0.6) is 5.75 Å². The van der Waals surface area contributed by atoms with Gasteiger partial charge in [-0.3, -0.25) is 9.59 Å². The number of carbonyl (C=O) groups excluding carboxylic acids is 2. The Labute approximate surface area is 177 Å². The standard InChI is InChI=1S/C22H25N3O3.ClH/c1-23-18-9-5-11-25(14-18)22(27)16-7-4-8-17(12-16)24-21(26)20-13-15-6-2-3-10-19(15)28-20;/h2-4,6-8,10,12,18,20,23H,5,9,11,13-14H2,1H3,(H,24,26);1H. The van der Waals surface area contributed by atoms with E-state index in [2.05, 4.69) is 10.6 Å². The van der Waals surface area contributed by atoms with Gasteiger partial charge in [0.05, 0.1) is 0 Å². The SMILES string of the molecule is CNC1CCCN(C(=O)c2cccc(NC(=O)C3Cc4ccccc4O3)c2)C1.Cl. The van der Waals surface area contributed by atoms with Gasteiger partial charge in [0.1, 0.15) is 5.75 Å². The highest BCUT2D eigenvalue weighted by Crippen LogP contribution is 2.28. The maximum atomic E-state index is 12.9. The molecule has 0 bridgehead atoms. The van der Waals surface area contributed by atoms with Crippen LogP contribution in [-0.2, 0) is 11.2 Å². The highest BCUT2D eigenvalue weighted by atomic mass is 35.5. The number of para-hydroxylation sites is 1. The van der Waals surface area contributed by atoms with E-state index in [1.165, 1.54) is 0 Å². The molecule has 2 aliphatic heterocycles. The second-order valence-corrected chi connectivity index (χ2v) is 7.37. The lowest BCUT2D eigenvalue weighted by Gasteiger charge is -2.32. The van der Waals surface area contributed by atoms with E-state index in [0.29, 0.717) is 30.3 Å². The zero-order valence-corrected chi connectivity index (χ0v) is 17.2. The predicted molar refractivity (Wildman–Crippen MR) is 115 cm³/mol. The van der Waals surface area contributed by atoms with Crippen molar-refractivity contribution in [2.75, 3.05) is 25.5 Å². The molecule has 0 radical (unpaired) electrons. The fourth-order valence-electron chi connectivity index (χ4n) is 3.86. The molecule has 2 atom stereocenters. The van der Waals surface area contributed by atoms with Gasteiger partial charge in [0.2, 0.25) is 0 Å². The van der Waals surface area contributed by atoms with Gasteiger partial charge in [-0.1, -0.05) is 24.3 Å². The Kier molecular flexibility index (Phi) is 6.77. The minimum absolute atomic E-state index is 0. The van der Waals surface area contributed by atoms with Crippen LogP contribution in [0, 0.1) is 0 Å². The molecule has 2 aliphatic rings. The van der Waals surface area contributed by atoms with E-state index >= 15 is 0 Å². The lowest BCUT2D eigenvalue weighted by Crippen LogP contribution is -2.46. The molecule has 0 aliphatic carbocycles. The highest BCUT2D eigenvalue weighted by Gasteiger charge is 2.29. The summed E-state index contributed by atoms with van der Waals surface area (Å²) in [6.07, 6.45) is 2.09. The van der Waals surface area contributed by atoms with Crippen LogP contribution in [-0.4, -0.2) is 49.0 Å². The summed E-state index contributed by atoms with van der Waals surface area (Å²) in [6.45, 7) is 1.47. The number of amides is 2. The Morgan fingerprint density at radius 2 is 1.97 bits per heavy atom. The van der Waals surface area contributed by atoms with E-state index in [1.54, 1.807) is 24.3 Å². The van der Waals surface area contributed by atoms with E-state index in [-0.39, 0.29) is 24.2 Å². The zero-order valence-electron chi connectivity index (χ0n) is 16.4. The van der Waals surface area contributed by atoms with Crippen molar-refractivity contribution in [2.45, 2.75) is 31.4 Å². The van der Waals surface area contributed by atoms with Gasteiger partial charge < -0.3 is 20.3 Å². The summed E-state index contributed by atoms with van der Waals surface area (Å²) in [5.41, 5.74) is 2.23. The number of nitrogens with one attached hydrogen (secondary N) is 2. The van der Waals surface area contributed by atoms with Gasteiger partial charge in [-0.15, -0.1) is 12.4 Å². The Hall–Kier alpha value is -2.57. The summed E-state index contributed by atoms with van der Waals surface area (Å²) < 4.78 is 5.74. The molecule has 154 valence electrons. The largest absolute Gasteiger partial charge is 0.480 e. The number of halogens is 1. The molecule has 6 nitrogen and oxygen atoms in total. The smallest absolute Gasteiger partial charge is 0.265 e. The number of nitrogens with zero attached hydrogens (tertiary/aromatic N) is 1. The molecule has 2 unspecified atom stereocenters. The third kappa shape index (κ3) is 4.71. The van der Waals surface area contributed by atoms with Crippen molar-refractivity contribution in [3.05, 3.63) is 59.7 Å². The monoisotopic (exact) mass is 415 g/mol. The first-order chi connectivity index (χ1) is 13.6. The van der Waals surface area contributed by atoms with Crippen LogP contribution in [0.4, 0.5) is 5.69 Å². The molecule has 0 aromatic heterocycles. The fourth-order valence-corrected chi connectivity index (χ4v) is 3.86. The fraction of sp³-hybridized carbons (Fsp3) is 0.364.